The predicted octanol–water partition coefficient (Wildman–Crippen LogP) is 1.28. The molecule has 2 unspecified atom stereocenters. The van der Waals surface area contributed by atoms with E-state index in [2.05, 4.69) is 5.32 Å². The molecule has 1 aliphatic rings. The molecule has 1 aliphatic carbocycles. The van der Waals surface area contributed by atoms with Crippen LogP contribution in [-0.4, -0.2) is 34.7 Å². The van der Waals surface area contributed by atoms with Crippen molar-refractivity contribution in [3.05, 3.63) is 35.4 Å². The molecule has 0 aliphatic heterocycles. The highest BCUT2D eigenvalue weighted by molar-refractivity contribution is 6.04. The SMILES string of the molecule is O=C(O)c1ccccc1C(=O)NCC1CCCC1O. The maximum absolute atomic E-state index is 12.0. The quantitative estimate of drug-likeness (QED) is 0.763. The van der Waals surface area contributed by atoms with Gasteiger partial charge in [-0.15, -0.1) is 0 Å². The van der Waals surface area contributed by atoms with Crippen molar-refractivity contribution in [2.45, 2.75) is 25.4 Å². The minimum absolute atomic E-state index is 0.00743. The monoisotopic (exact) mass is 263 g/mol. The molecule has 1 aromatic carbocycles. The fraction of sp³-hybridized carbons (Fsp3) is 0.429. The Hall–Kier alpha value is -1.88. The molecule has 1 amide bonds. The molecule has 1 aromatic rings. The normalized spacial score (nSPS) is 22.2. The average Bonchev–Trinajstić information content (AvgIpc) is 2.81. The molecule has 0 spiro atoms. The molecule has 1 saturated carbocycles. The van der Waals surface area contributed by atoms with E-state index in [0.29, 0.717) is 6.54 Å². The fourth-order valence-electron chi connectivity index (χ4n) is 2.44. The average molecular weight is 263 g/mol. The smallest absolute Gasteiger partial charge is 0.336 e. The minimum atomic E-state index is -1.12. The fourth-order valence-corrected chi connectivity index (χ4v) is 2.44. The zero-order valence-corrected chi connectivity index (χ0v) is 10.5. The van der Waals surface area contributed by atoms with E-state index in [1.54, 1.807) is 12.1 Å². The molecule has 2 atom stereocenters. The summed E-state index contributed by atoms with van der Waals surface area (Å²) in [4.78, 5) is 23.0. The van der Waals surface area contributed by atoms with Gasteiger partial charge in [0.1, 0.15) is 0 Å². The van der Waals surface area contributed by atoms with E-state index in [1.165, 1.54) is 12.1 Å². The second-order valence-corrected chi connectivity index (χ2v) is 4.82. The van der Waals surface area contributed by atoms with Gasteiger partial charge in [-0.05, 0) is 25.0 Å². The number of carboxylic acids is 1. The largest absolute Gasteiger partial charge is 0.478 e. The Balaban J connectivity index is 2.02. The van der Waals surface area contributed by atoms with E-state index in [1.807, 2.05) is 0 Å². The number of carbonyl (C=O) groups excluding carboxylic acids is 1. The lowest BCUT2D eigenvalue weighted by molar-refractivity contribution is 0.0690. The summed E-state index contributed by atoms with van der Waals surface area (Å²) < 4.78 is 0. The van der Waals surface area contributed by atoms with E-state index in [0.717, 1.165) is 19.3 Å². The Kier molecular flexibility index (Phi) is 4.16. The van der Waals surface area contributed by atoms with Crippen molar-refractivity contribution in [3.63, 3.8) is 0 Å². The van der Waals surface area contributed by atoms with Crippen LogP contribution in [-0.2, 0) is 0 Å². The van der Waals surface area contributed by atoms with Gasteiger partial charge in [-0.3, -0.25) is 4.79 Å². The molecule has 2 rings (SSSR count). The van der Waals surface area contributed by atoms with Gasteiger partial charge < -0.3 is 15.5 Å². The molecule has 0 aromatic heterocycles. The molecule has 0 heterocycles. The maximum Gasteiger partial charge on any atom is 0.336 e. The third-order valence-electron chi connectivity index (χ3n) is 3.55. The van der Waals surface area contributed by atoms with Gasteiger partial charge in [0.25, 0.3) is 5.91 Å². The van der Waals surface area contributed by atoms with Crippen LogP contribution >= 0.6 is 0 Å². The molecular weight excluding hydrogens is 246 g/mol. The molecular formula is C14H17NO4. The third kappa shape index (κ3) is 3.12. The molecule has 19 heavy (non-hydrogen) atoms. The summed E-state index contributed by atoms with van der Waals surface area (Å²) in [7, 11) is 0. The summed E-state index contributed by atoms with van der Waals surface area (Å²) in [5, 5.41) is 21.4. The van der Waals surface area contributed by atoms with Crippen LogP contribution in [0.1, 0.15) is 40.0 Å². The lowest BCUT2D eigenvalue weighted by atomic mass is 10.0. The summed E-state index contributed by atoms with van der Waals surface area (Å²) in [5.41, 5.74) is 0.148. The summed E-state index contributed by atoms with van der Waals surface area (Å²) in [6.45, 7) is 0.383. The van der Waals surface area contributed by atoms with Gasteiger partial charge in [-0.25, -0.2) is 4.79 Å². The highest BCUT2D eigenvalue weighted by Crippen LogP contribution is 2.24. The number of carbonyl (C=O) groups is 2. The van der Waals surface area contributed by atoms with Crippen molar-refractivity contribution >= 4 is 11.9 Å². The molecule has 5 heteroatoms. The van der Waals surface area contributed by atoms with Crippen LogP contribution in [0.4, 0.5) is 0 Å². The minimum Gasteiger partial charge on any atom is -0.478 e. The lowest BCUT2D eigenvalue weighted by Crippen LogP contribution is -2.33. The molecule has 5 nitrogen and oxygen atoms in total. The summed E-state index contributed by atoms with van der Waals surface area (Å²) >= 11 is 0. The zero-order chi connectivity index (χ0) is 13.8. The van der Waals surface area contributed by atoms with Crippen LogP contribution in [0.25, 0.3) is 0 Å². The van der Waals surface area contributed by atoms with Gasteiger partial charge in [-0.1, -0.05) is 18.6 Å². The molecule has 102 valence electrons. The van der Waals surface area contributed by atoms with Crippen molar-refractivity contribution in [3.8, 4) is 0 Å². The number of aliphatic hydroxyl groups excluding tert-OH is 1. The Labute approximate surface area is 111 Å². The second-order valence-electron chi connectivity index (χ2n) is 4.82. The van der Waals surface area contributed by atoms with Crippen LogP contribution in [0.15, 0.2) is 24.3 Å². The van der Waals surface area contributed by atoms with Crippen molar-refractivity contribution in [1.82, 2.24) is 5.32 Å². The summed E-state index contributed by atoms with van der Waals surface area (Å²) in [6.07, 6.45) is 2.26. The number of carboxylic acid groups (broad SMARTS) is 1. The van der Waals surface area contributed by atoms with Gasteiger partial charge in [0.2, 0.25) is 0 Å². The summed E-state index contributed by atoms with van der Waals surface area (Å²) in [6, 6.07) is 6.11. The number of rotatable bonds is 4. The first kappa shape index (κ1) is 13.5. The zero-order valence-electron chi connectivity index (χ0n) is 10.5. The number of benzene rings is 1. The van der Waals surface area contributed by atoms with Gasteiger partial charge >= 0.3 is 5.97 Å². The van der Waals surface area contributed by atoms with Crippen LogP contribution < -0.4 is 5.32 Å². The lowest BCUT2D eigenvalue weighted by Gasteiger charge is -2.15. The van der Waals surface area contributed by atoms with E-state index in [-0.39, 0.29) is 23.1 Å². The third-order valence-corrected chi connectivity index (χ3v) is 3.55. The van der Waals surface area contributed by atoms with E-state index >= 15 is 0 Å². The molecule has 0 radical (unpaired) electrons. The molecule has 0 saturated heterocycles. The first-order valence-electron chi connectivity index (χ1n) is 6.38. The Morgan fingerprint density at radius 1 is 1.21 bits per heavy atom. The Morgan fingerprint density at radius 2 is 1.89 bits per heavy atom. The van der Waals surface area contributed by atoms with Crippen molar-refractivity contribution in [1.29, 1.82) is 0 Å². The van der Waals surface area contributed by atoms with Crippen LogP contribution in [0, 0.1) is 5.92 Å². The van der Waals surface area contributed by atoms with Gasteiger partial charge in [0.15, 0.2) is 0 Å². The number of nitrogens with one attached hydrogen (secondary N) is 1. The van der Waals surface area contributed by atoms with Crippen LogP contribution in [0.3, 0.4) is 0 Å². The number of hydrogen-bond acceptors (Lipinski definition) is 3. The van der Waals surface area contributed by atoms with E-state index < -0.39 is 11.9 Å². The van der Waals surface area contributed by atoms with Gasteiger partial charge in [-0.2, -0.15) is 0 Å². The first-order chi connectivity index (χ1) is 9.09. The highest BCUT2D eigenvalue weighted by Gasteiger charge is 2.26. The summed E-state index contributed by atoms with van der Waals surface area (Å²) in [5.74, 6) is -1.45. The van der Waals surface area contributed by atoms with Crippen LogP contribution in [0.2, 0.25) is 0 Å². The standard InChI is InChI=1S/C14H17NO4/c16-12-7-3-4-9(12)8-15-13(17)10-5-1-2-6-11(10)14(18)19/h1-2,5-6,9,12,16H,3-4,7-8H2,(H,15,17)(H,18,19). The van der Waals surface area contributed by atoms with Crippen LogP contribution in [0.5, 0.6) is 0 Å². The maximum atomic E-state index is 12.0. The second kappa shape index (κ2) is 5.84. The van der Waals surface area contributed by atoms with Crippen molar-refractivity contribution < 1.29 is 19.8 Å². The highest BCUT2D eigenvalue weighted by atomic mass is 16.4. The Bertz CT molecular complexity index is 486. The van der Waals surface area contributed by atoms with Crippen molar-refractivity contribution in [2.75, 3.05) is 6.54 Å². The van der Waals surface area contributed by atoms with E-state index in [4.69, 9.17) is 5.11 Å². The van der Waals surface area contributed by atoms with Gasteiger partial charge in [0.05, 0.1) is 17.2 Å². The van der Waals surface area contributed by atoms with Gasteiger partial charge in [0, 0.05) is 12.5 Å². The number of hydrogen-bond donors (Lipinski definition) is 3. The van der Waals surface area contributed by atoms with E-state index in [9.17, 15) is 14.7 Å². The number of amides is 1. The molecule has 0 bridgehead atoms. The van der Waals surface area contributed by atoms with Crippen molar-refractivity contribution in [2.24, 2.45) is 5.92 Å². The predicted molar refractivity (Wildman–Crippen MR) is 69.1 cm³/mol. The topological polar surface area (TPSA) is 86.6 Å². The number of aliphatic hydroxyl groups is 1. The molecule has 3 N–H and O–H groups in total. The first-order valence-corrected chi connectivity index (χ1v) is 6.38. The molecule has 1 fully saturated rings. The Morgan fingerprint density at radius 3 is 2.47 bits per heavy atom. The number of aromatic carboxylic acids is 1.